The van der Waals surface area contributed by atoms with Crippen LogP contribution in [0.2, 0.25) is 0 Å². The van der Waals surface area contributed by atoms with Gasteiger partial charge in [-0.1, -0.05) is 18.2 Å². The van der Waals surface area contributed by atoms with Gasteiger partial charge in [-0.05, 0) is 118 Å². The standard InChI is InChI=1S/C32H40O4/c1-16-11-12-25(13-17(16)2)29-27-20(5)18(3)19(4)21(6)31(27)36-32-23(8)22(7)30(24(9)28(29)32)35-15-26(33)14-34-10/h11-13,26,29,33H,14-15H2,1-10H3. The van der Waals surface area contributed by atoms with Crippen molar-refractivity contribution in [1.82, 2.24) is 0 Å². The number of aliphatic hydroxyl groups excluding tert-OH is 1. The molecule has 4 rings (SSSR count). The Hall–Kier alpha value is -2.82. The van der Waals surface area contributed by atoms with Crippen LogP contribution in [0.5, 0.6) is 17.2 Å². The number of benzene rings is 3. The monoisotopic (exact) mass is 488 g/mol. The SMILES string of the molecule is COCC(O)COc1c(C)c(C)c2c(c1C)C(c1ccc(C)c(C)c1)c1c(C)c(C)c(C)c(C)c1O2. The zero-order valence-electron chi connectivity index (χ0n) is 23.5. The van der Waals surface area contributed by atoms with E-state index in [0.717, 1.165) is 39.5 Å². The van der Waals surface area contributed by atoms with E-state index in [1.54, 1.807) is 7.11 Å². The molecule has 1 heterocycles. The number of aliphatic hydroxyl groups is 1. The molecule has 36 heavy (non-hydrogen) atoms. The summed E-state index contributed by atoms with van der Waals surface area (Å²) in [6, 6.07) is 6.80. The van der Waals surface area contributed by atoms with Crippen LogP contribution in [0.3, 0.4) is 0 Å². The molecule has 0 saturated carbocycles. The highest BCUT2D eigenvalue weighted by molar-refractivity contribution is 5.71. The lowest BCUT2D eigenvalue weighted by Crippen LogP contribution is -2.24. The van der Waals surface area contributed by atoms with Crippen molar-refractivity contribution in [3.63, 3.8) is 0 Å². The number of rotatable bonds is 6. The Morgan fingerprint density at radius 1 is 0.722 bits per heavy atom. The number of aryl methyl sites for hydroxylation is 2. The van der Waals surface area contributed by atoms with E-state index < -0.39 is 6.10 Å². The number of methoxy groups -OCH3 is 1. The zero-order chi connectivity index (χ0) is 26.5. The van der Waals surface area contributed by atoms with Gasteiger partial charge in [0.25, 0.3) is 0 Å². The fourth-order valence-electron chi connectivity index (χ4n) is 5.54. The molecule has 2 atom stereocenters. The first-order chi connectivity index (χ1) is 17.0. The fourth-order valence-corrected chi connectivity index (χ4v) is 5.54. The Kier molecular flexibility index (Phi) is 7.23. The molecule has 0 aliphatic carbocycles. The molecule has 0 bridgehead atoms. The number of ether oxygens (including phenoxy) is 3. The second kappa shape index (κ2) is 9.91. The van der Waals surface area contributed by atoms with Crippen molar-refractivity contribution in [3.05, 3.63) is 85.0 Å². The molecule has 3 aromatic rings. The molecule has 3 aromatic carbocycles. The lowest BCUT2D eigenvalue weighted by atomic mass is 9.75. The molecule has 0 spiro atoms. The average molecular weight is 489 g/mol. The maximum absolute atomic E-state index is 10.3. The van der Waals surface area contributed by atoms with Crippen LogP contribution in [0.4, 0.5) is 0 Å². The van der Waals surface area contributed by atoms with Gasteiger partial charge in [-0.25, -0.2) is 0 Å². The van der Waals surface area contributed by atoms with Crippen molar-refractivity contribution < 1.29 is 19.3 Å². The largest absolute Gasteiger partial charge is 0.490 e. The second-order valence-corrected chi connectivity index (χ2v) is 10.5. The van der Waals surface area contributed by atoms with Gasteiger partial charge in [-0.15, -0.1) is 0 Å². The summed E-state index contributed by atoms with van der Waals surface area (Å²) in [5.74, 6) is 2.75. The molecule has 0 radical (unpaired) electrons. The van der Waals surface area contributed by atoms with E-state index >= 15 is 0 Å². The van der Waals surface area contributed by atoms with Crippen molar-refractivity contribution in [2.24, 2.45) is 0 Å². The summed E-state index contributed by atoms with van der Waals surface area (Å²) in [6.07, 6.45) is -0.687. The molecule has 1 aliphatic rings. The normalized spacial score (nSPS) is 15.2. The number of hydrogen-bond donors (Lipinski definition) is 1. The summed E-state index contributed by atoms with van der Waals surface area (Å²) >= 11 is 0. The van der Waals surface area contributed by atoms with Crippen molar-refractivity contribution in [3.8, 4) is 17.2 Å². The minimum Gasteiger partial charge on any atom is -0.490 e. The van der Waals surface area contributed by atoms with Crippen LogP contribution in [0, 0.1) is 62.3 Å². The molecule has 0 saturated heterocycles. The average Bonchev–Trinajstić information content (AvgIpc) is 2.85. The molecule has 0 amide bonds. The van der Waals surface area contributed by atoms with Gasteiger partial charge >= 0.3 is 0 Å². The van der Waals surface area contributed by atoms with E-state index in [1.165, 1.54) is 44.5 Å². The van der Waals surface area contributed by atoms with Crippen LogP contribution in [-0.4, -0.2) is 31.5 Å². The molecule has 0 fully saturated rings. The minimum absolute atomic E-state index is 0.0200. The fraction of sp³-hybridized carbons (Fsp3) is 0.438. The first-order valence-electron chi connectivity index (χ1n) is 12.8. The van der Waals surface area contributed by atoms with Gasteiger partial charge in [0.1, 0.15) is 30.0 Å². The molecule has 4 heteroatoms. The third-order valence-corrected chi connectivity index (χ3v) is 8.33. The molecular formula is C32H40O4. The lowest BCUT2D eigenvalue weighted by Gasteiger charge is -2.36. The Balaban J connectivity index is 2.02. The summed E-state index contributed by atoms with van der Waals surface area (Å²) in [6.45, 7) is 19.8. The lowest BCUT2D eigenvalue weighted by molar-refractivity contribution is 0.0321. The van der Waals surface area contributed by atoms with Gasteiger partial charge in [0.15, 0.2) is 0 Å². The van der Waals surface area contributed by atoms with Gasteiger partial charge in [0.2, 0.25) is 0 Å². The molecule has 4 nitrogen and oxygen atoms in total. The summed E-state index contributed by atoms with van der Waals surface area (Å²) < 4.78 is 18.2. The molecule has 2 unspecified atom stereocenters. The third kappa shape index (κ3) is 4.21. The van der Waals surface area contributed by atoms with Gasteiger partial charge in [-0.2, -0.15) is 0 Å². The van der Waals surface area contributed by atoms with Gasteiger partial charge in [0.05, 0.1) is 6.61 Å². The van der Waals surface area contributed by atoms with Crippen LogP contribution >= 0.6 is 0 Å². The van der Waals surface area contributed by atoms with Crippen LogP contribution in [0.15, 0.2) is 18.2 Å². The van der Waals surface area contributed by atoms with Crippen LogP contribution in [0.1, 0.15) is 72.7 Å². The van der Waals surface area contributed by atoms with Crippen molar-refractivity contribution >= 4 is 0 Å². The molecule has 192 valence electrons. The van der Waals surface area contributed by atoms with Gasteiger partial charge in [0, 0.05) is 24.2 Å². The topological polar surface area (TPSA) is 47.9 Å². The summed E-state index contributed by atoms with van der Waals surface area (Å²) in [5.41, 5.74) is 14.4. The number of hydrogen-bond acceptors (Lipinski definition) is 4. The highest BCUT2D eigenvalue weighted by Gasteiger charge is 2.37. The Morgan fingerprint density at radius 2 is 1.31 bits per heavy atom. The quantitative estimate of drug-likeness (QED) is 0.313. The predicted octanol–water partition coefficient (Wildman–Crippen LogP) is 7.13. The van der Waals surface area contributed by atoms with E-state index in [2.05, 4.69) is 80.5 Å². The Morgan fingerprint density at radius 3 is 1.92 bits per heavy atom. The maximum atomic E-state index is 10.3. The van der Waals surface area contributed by atoms with Crippen molar-refractivity contribution in [2.75, 3.05) is 20.3 Å². The minimum atomic E-state index is -0.687. The smallest absolute Gasteiger partial charge is 0.135 e. The Labute approximate surface area is 216 Å². The van der Waals surface area contributed by atoms with E-state index in [9.17, 15) is 5.11 Å². The third-order valence-electron chi connectivity index (χ3n) is 8.33. The van der Waals surface area contributed by atoms with Crippen molar-refractivity contribution in [1.29, 1.82) is 0 Å². The second-order valence-electron chi connectivity index (χ2n) is 10.5. The number of fused-ring (bicyclic) bond motifs is 2. The Bertz CT molecular complexity index is 1340. The zero-order valence-corrected chi connectivity index (χ0v) is 23.5. The highest BCUT2D eigenvalue weighted by atomic mass is 16.5. The molecule has 1 aliphatic heterocycles. The van der Waals surface area contributed by atoms with E-state index in [0.29, 0.717) is 0 Å². The van der Waals surface area contributed by atoms with E-state index in [4.69, 9.17) is 14.2 Å². The van der Waals surface area contributed by atoms with Gasteiger partial charge < -0.3 is 19.3 Å². The van der Waals surface area contributed by atoms with Crippen LogP contribution < -0.4 is 9.47 Å². The maximum Gasteiger partial charge on any atom is 0.135 e. The van der Waals surface area contributed by atoms with Crippen molar-refractivity contribution in [2.45, 2.75) is 74.3 Å². The summed E-state index contributed by atoms with van der Waals surface area (Å²) in [7, 11) is 1.58. The van der Waals surface area contributed by atoms with Gasteiger partial charge in [-0.3, -0.25) is 0 Å². The van der Waals surface area contributed by atoms with Crippen LogP contribution in [0.25, 0.3) is 0 Å². The molecular weight excluding hydrogens is 448 g/mol. The van der Waals surface area contributed by atoms with E-state index in [-0.39, 0.29) is 19.1 Å². The first-order valence-corrected chi connectivity index (χ1v) is 12.8. The predicted molar refractivity (Wildman–Crippen MR) is 146 cm³/mol. The first kappa shape index (κ1) is 26.2. The molecule has 1 N–H and O–H groups in total. The van der Waals surface area contributed by atoms with Crippen LogP contribution in [-0.2, 0) is 4.74 Å². The molecule has 0 aromatic heterocycles. The summed E-state index contributed by atoms with van der Waals surface area (Å²) in [4.78, 5) is 0. The highest BCUT2D eigenvalue weighted by Crippen LogP contribution is 2.55. The summed E-state index contributed by atoms with van der Waals surface area (Å²) in [5, 5.41) is 10.3. The van der Waals surface area contributed by atoms with E-state index in [1.807, 2.05) is 0 Å².